The molecule has 1 aliphatic heterocycles. The van der Waals surface area contributed by atoms with Crippen LogP contribution >= 0.6 is 46.7 Å². The molecule has 1 aromatic carbocycles. The van der Waals surface area contributed by atoms with Crippen LogP contribution in [0, 0.1) is 16.2 Å². The summed E-state index contributed by atoms with van der Waals surface area (Å²) in [6, 6.07) is 7.66. The van der Waals surface area contributed by atoms with E-state index in [4.69, 9.17) is 12.2 Å². The molecule has 1 aliphatic rings. The van der Waals surface area contributed by atoms with Gasteiger partial charge in [0.05, 0.1) is 4.53 Å². The molecule has 12 heteroatoms. The van der Waals surface area contributed by atoms with E-state index in [1.54, 1.807) is 6.08 Å². The molecule has 0 spiro atoms. The number of aliphatic carboxylic acids is 1. The first kappa shape index (κ1) is 27.2. The maximum absolute atomic E-state index is 13.4. The zero-order valence-electron chi connectivity index (χ0n) is 20.5. The van der Waals surface area contributed by atoms with E-state index >= 15 is 0 Å². The third kappa shape index (κ3) is 5.42. The summed E-state index contributed by atoms with van der Waals surface area (Å²) in [7, 11) is 0. The number of carboxylic acid groups (broad SMARTS) is 1. The maximum Gasteiger partial charge on any atom is 0.323 e. The number of aryl methyl sites for hydroxylation is 1. The van der Waals surface area contributed by atoms with Crippen LogP contribution in [0.5, 0.6) is 0 Å². The molecule has 1 fully saturated rings. The Kier molecular flexibility index (Phi) is 8.32. The molecule has 2 aromatic heterocycles. The van der Waals surface area contributed by atoms with Gasteiger partial charge in [0.25, 0.3) is 16.2 Å². The van der Waals surface area contributed by atoms with Crippen molar-refractivity contribution in [2.75, 3.05) is 6.54 Å². The number of thiazole rings is 2. The standard InChI is InChI=1S/C25H25N3O5S4/c1-4-6-11-27-18(21-26(5-2)20(32)25(34)37-21)24(33)36-22(27)23-28(13-17(29)30)19(31)16(35-23)12-15-9-7-14(3)8-10-15/h7-10,12H,4-6,11,13H2,1-3H3,(H,29,30)/b16-12?,21-18+,23-22+. The lowest BCUT2D eigenvalue weighted by Gasteiger charge is -2.13. The largest absolute Gasteiger partial charge is 0.480 e. The summed E-state index contributed by atoms with van der Waals surface area (Å²) < 4.78 is 4.22. The highest BCUT2D eigenvalue weighted by Crippen LogP contribution is 2.31. The molecule has 1 amide bonds. The minimum atomic E-state index is -1.16. The summed E-state index contributed by atoms with van der Waals surface area (Å²) in [4.78, 5) is 52.5. The number of nitrogens with zero attached hydrogens (tertiary/aromatic N) is 3. The smallest absolute Gasteiger partial charge is 0.323 e. The highest BCUT2D eigenvalue weighted by molar-refractivity contribution is 8.31. The fraction of sp³-hybridized carbons (Fsp3) is 0.320. The average molecular weight is 576 g/mol. The van der Waals surface area contributed by atoms with Gasteiger partial charge in [-0.2, -0.15) is 0 Å². The summed E-state index contributed by atoms with van der Waals surface area (Å²) in [6.07, 6.45) is 3.33. The first-order valence-corrected chi connectivity index (χ1v) is 14.5. The second kappa shape index (κ2) is 11.3. The predicted octanol–water partition coefficient (Wildman–Crippen LogP) is 2.43. The van der Waals surface area contributed by atoms with E-state index in [0.29, 0.717) is 37.3 Å². The minimum absolute atomic E-state index is 0.180. The Bertz CT molecular complexity index is 1730. The molecular weight excluding hydrogens is 551 g/mol. The number of aromatic nitrogens is 2. The molecule has 1 N–H and O–H groups in total. The molecule has 1 saturated heterocycles. The van der Waals surface area contributed by atoms with Crippen LogP contribution < -0.4 is 20.2 Å². The molecule has 0 atom stereocenters. The number of carbonyl (C=O) groups is 2. The molecule has 0 aliphatic carbocycles. The second-order valence-electron chi connectivity index (χ2n) is 8.40. The normalized spacial score (nSPS) is 16.7. The lowest BCUT2D eigenvalue weighted by molar-refractivity contribution is -0.137. The number of thiocarbonyl (C=S) groups is 1. The van der Waals surface area contributed by atoms with Crippen LogP contribution in [0.15, 0.2) is 33.9 Å². The predicted molar refractivity (Wildman–Crippen MR) is 152 cm³/mol. The molecule has 37 heavy (non-hydrogen) atoms. The molecule has 0 bridgehead atoms. The van der Waals surface area contributed by atoms with Gasteiger partial charge in [-0.15, -0.1) is 11.3 Å². The molecule has 4 rings (SSSR count). The fourth-order valence-corrected chi connectivity index (χ4v) is 7.60. The highest BCUT2D eigenvalue weighted by Gasteiger charge is 2.33. The van der Waals surface area contributed by atoms with Crippen LogP contribution in [0.3, 0.4) is 0 Å². The Hall–Kier alpha value is -2.80. The first-order valence-electron chi connectivity index (χ1n) is 11.7. The van der Waals surface area contributed by atoms with Gasteiger partial charge in [0.2, 0.25) is 0 Å². The molecule has 0 saturated carbocycles. The summed E-state index contributed by atoms with van der Waals surface area (Å²) >= 11 is 8.44. The summed E-state index contributed by atoms with van der Waals surface area (Å²) in [6.45, 7) is 6.11. The third-order valence-electron chi connectivity index (χ3n) is 5.77. The number of benzene rings is 1. The van der Waals surface area contributed by atoms with Gasteiger partial charge in [-0.05, 0) is 31.9 Å². The van der Waals surface area contributed by atoms with Crippen LogP contribution in [-0.2, 0) is 22.7 Å². The SMILES string of the molecule is CCCCn1/c(=c2\sc(=Cc3ccc(C)cc3)c(=O)n2CC(=O)O)sc(=O)/c1=C1\SC(=S)C(=O)N1CC. The molecular formula is C25H25N3O5S4. The number of thioether (sulfide) groups is 1. The number of carboxylic acids is 1. The monoisotopic (exact) mass is 575 g/mol. The van der Waals surface area contributed by atoms with E-state index in [1.807, 2.05) is 49.6 Å². The van der Waals surface area contributed by atoms with Gasteiger partial charge in [-0.1, -0.05) is 78.5 Å². The van der Waals surface area contributed by atoms with Gasteiger partial charge in [0, 0.05) is 13.1 Å². The van der Waals surface area contributed by atoms with Crippen molar-refractivity contribution in [1.29, 1.82) is 0 Å². The van der Waals surface area contributed by atoms with Crippen LogP contribution in [0.2, 0.25) is 0 Å². The van der Waals surface area contributed by atoms with Gasteiger partial charge >= 0.3 is 5.97 Å². The van der Waals surface area contributed by atoms with Gasteiger partial charge in [0.1, 0.15) is 30.4 Å². The Labute approximate surface area is 229 Å². The third-order valence-corrected chi connectivity index (χ3v) is 9.39. The van der Waals surface area contributed by atoms with Crippen molar-refractivity contribution in [3.05, 3.63) is 74.5 Å². The maximum atomic E-state index is 13.4. The Balaban J connectivity index is 2.16. The number of hydrogen-bond acceptors (Lipinski definition) is 8. The van der Waals surface area contributed by atoms with Crippen molar-refractivity contribution in [1.82, 2.24) is 14.0 Å². The van der Waals surface area contributed by atoms with Gasteiger partial charge in [-0.3, -0.25) is 28.6 Å². The first-order chi connectivity index (χ1) is 17.7. The van der Waals surface area contributed by atoms with Crippen molar-refractivity contribution in [3.63, 3.8) is 0 Å². The van der Waals surface area contributed by atoms with Crippen molar-refractivity contribution in [2.45, 2.75) is 46.7 Å². The van der Waals surface area contributed by atoms with E-state index in [-0.39, 0.29) is 14.8 Å². The van der Waals surface area contributed by atoms with Crippen molar-refractivity contribution >= 4 is 73.8 Å². The van der Waals surface area contributed by atoms with Crippen molar-refractivity contribution < 1.29 is 14.7 Å². The van der Waals surface area contributed by atoms with Crippen LogP contribution in [0.4, 0.5) is 0 Å². The number of hydrogen-bond donors (Lipinski definition) is 1. The second-order valence-corrected chi connectivity index (χ2v) is 12.1. The summed E-state index contributed by atoms with van der Waals surface area (Å²) in [5.74, 6) is -1.46. The Morgan fingerprint density at radius 3 is 2.35 bits per heavy atom. The number of rotatable bonds is 7. The summed E-state index contributed by atoms with van der Waals surface area (Å²) in [5.41, 5.74) is 1.47. The molecule has 3 heterocycles. The number of amides is 1. The molecule has 0 unspecified atom stereocenters. The number of unbranched alkanes of at least 4 members (excludes halogenated alkanes) is 1. The van der Waals surface area contributed by atoms with E-state index in [2.05, 4.69) is 0 Å². The van der Waals surface area contributed by atoms with Gasteiger partial charge < -0.3 is 9.67 Å². The topological polar surface area (TPSA) is 102 Å². The van der Waals surface area contributed by atoms with Crippen LogP contribution in [-0.4, -0.2) is 41.8 Å². The minimum Gasteiger partial charge on any atom is -0.480 e. The summed E-state index contributed by atoms with van der Waals surface area (Å²) in [5, 5.41) is 10.4. The highest BCUT2D eigenvalue weighted by atomic mass is 32.2. The fourth-order valence-electron chi connectivity index (χ4n) is 3.92. The Morgan fingerprint density at radius 2 is 1.73 bits per heavy atom. The molecule has 0 radical (unpaired) electrons. The van der Waals surface area contributed by atoms with E-state index < -0.39 is 18.1 Å². The quantitative estimate of drug-likeness (QED) is 0.432. The zero-order valence-corrected chi connectivity index (χ0v) is 23.7. The zero-order chi connectivity index (χ0) is 26.9. The van der Waals surface area contributed by atoms with Crippen molar-refractivity contribution in [3.8, 4) is 0 Å². The van der Waals surface area contributed by atoms with Gasteiger partial charge in [0.15, 0.2) is 0 Å². The van der Waals surface area contributed by atoms with Crippen LogP contribution in [0.25, 0.3) is 11.1 Å². The Morgan fingerprint density at radius 1 is 1.05 bits per heavy atom. The van der Waals surface area contributed by atoms with Crippen molar-refractivity contribution in [2.24, 2.45) is 0 Å². The van der Waals surface area contributed by atoms with Gasteiger partial charge in [-0.25, -0.2) is 0 Å². The average Bonchev–Trinajstić information content (AvgIpc) is 3.44. The molecule has 3 aromatic rings. The number of carbonyl (C=O) groups excluding carboxylic acids is 1. The van der Waals surface area contributed by atoms with Crippen LogP contribution in [0.1, 0.15) is 37.8 Å². The van der Waals surface area contributed by atoms with E-state index in [0.717, 1.165) is 58.4 Å². The lowest BCUT2D eigenvalue weighted by atomic mass is 10.1. The molecule has 194 valence electrons. The van der Waals surface area contributed by atoms with E-state index in [9.17, 15) is 24.3 Å². The molecule has 8 nitrogen and oxygen atoms in total. The lowest BCUT2D eigenvalue weighted by Crippen LogP contribution is -2.36. The van der Waals surface area contributed by atoms with E-state index in [1.165, 1.54) is 9.47 Å².